The van der Waals surface area contributed by atoms with Crippen molar-refractivity contribution in [1.82, 2.24) is 4.98 Å². The molecule has 0 aromatic carbocycles. The van der Waals surface area contributed by atoms with Crippen molar-refractivity contribution in [3.05, 3.63) is 28.5 Å². The van der Waals surface area contributed by atoms with E-state index < -0.39 is 16.9 Å². The van der Waals surface area contributed by atoms with Gasteiger partial charge in [0.2, 0.25) is 0 Å². The number of alkyl halides is 3. The first-order valence-corrected chi connectivity index (χ1v) is 3.92. The summed E-state index contributed by atoms with van der Waals surface area (Å²) >= 11 is 5.31. The third-order valence-corrected chi connectivity index (χ3v) is 1.76. The van der Waals surface area contributed by atoms with E-state index in [0.29, 0.717) is 0 Å². The Morgan fingerprint density at radius 2 is 2.07 bits per heavy atom. The van der Waals surface area contributed by atoms with Crippen LogP contribution in [0.4, 0.5) is 13.2 Å². The molecule has 0 saturated heterocycles. The molecule has 0 N–H and O–H groups in total. The lowest BCUT2D eigenvalue weighted by molar-refractivity contribution is -0.137. The third kappa shape index (κ3) is 2.36. The van der Waals surface area contributed by atoms with Crippen LogP contribution in [-0.4, -0.2) is 4.98 Å². The summed E-state index contributed by atoms with van der Waals surface area (Å²) in [5.74, 6) is 0. The molecule has 14 heavy (non-hydrogen) atoms. The van der Waals surface area contributed by atoms with Crippen LogP contribution in [0.15, 0.2) is 12.1 Å². The Hall–Kier alpha value is -1.28. The van der Waals surface area contributed by atoms with Gasteiger partial charge in [-0.25, -0.2) is 4.98 Å². The first-order chi connectivity index (χ1) is 6.45. The van der Waals surface area contributed by atoms with Gasteiger partial charge in [0, 0.05) is 0 Å². The number of nitrogens with zero attached hydrogens (tertiary/aromatic N) is 2. The third-order valence-electron chi connectivity index (χ3n) is 1.47. The standard InChI is InChI=1S/C8H4ClF3N2/c9-7-6(8(10,11)12)2-1-5(14-7)3-4-13/h1-2H,3H2. The van der Waals surface area contributed by atoms with Gasteiger partial charge < -0.3 is 0 Å². The van der Waals surface area contributed by atoms with Crippen LogP contribution in [0, 0.1) is 11.3 Å². The van der Waals surface area contributed by atoms with Gasteiger partial charge in [-0.3, -0.25) is 0 Å². The fourth-order valence-electron chi connectivity index (χ4n) is 0.863. The number of halogens is 4. The molecular weight excluding hydrogens is 217 g/mol. The van der Waals surface area contributed by atoms with E-state index in [1.807, 2.05) is 0 Å². The van der Waals surface area contributed by atoms with Crippen LogP contribution < -0.4 is 0 Å². The quantitative estimate of drug-likeness (QED) is 0.683. The molecule has 0 saturated carbocycles. The Bertz CT molecular complexity index is 381. The fraction of sp³-hybridized carbons (Fsp3) is 0.250. The molecule has 2 nitrogen and oxygen atoms in total. The van der Waals surface area contributed by atoms with Gasteiger partial charge in [-0.1, -0.05) is 11.6 Å². The second kappa shape index (κ2) is 3.84. The van der Waals surface area contributed by atoms with Gasteiger partial charge in [-0.05, 0) is 12.1 Å². The van der Waals surface area contributed by atoms with Crippen LogP contribution in [0.3, 0.4) is 0 Å². The SMILES string of the molecule is N#CCc1ccc(C(F)(F)F)c(Cl)n1. The minimum atomic E-state index is -4.50. The van der Waals surface area contributed by atoms with E-state index in [-0.39, 0.29) is 12.1 Å². The van der Waals surface area contributed by atoms with E-state index in [1.165, 1.54) is 0 Å². The van der Waals surface area contributed by atoms with E-state index in [1.54, 1.807) is 6.07 Å². The summed E-state index contributed by atoms with van der Waals surface area (Å²) in [4.78, 5) is 3.45. The molecule has 0 amide bonds. The maximum atomic E-state index is 12.2. The Labute approximate surface area is 82.9 Å². The van der Waals surface area contributed by atoms with Crippen molar-refractivity contribution in [2.24, 2.45) is 0 Å². The van der Waals surface area contributed by atoms with E-state index in [2.05, 4.69) is 4.98 Å². The summed E-state index contributed by atoms with van der Waals surface area (Å²) in [6.45, 7) is 0. The van der Waals surface area contributed by atoms with Crippen LogP contribution in [0.25, 0.3) is 0 Å². The van der Waals surface area contributed by atoms with Crippen LogP contribution in [0.5, 0.6) is 0 Å². The van der Waals surface area contributed by atoms with Crippen LogP contribution in [0.2, 0.25) is 5.15 Å². The topological polar surface area (TPSA) is 36.7 Å². The molecule has 0 bridgehead atoms. The van der Waals surface area contributed by atoms with Crippen molar-refractivity contribution in [2.75, 3.05) is 0 Å². The smallest absolute Gasteiger partial charge is 0.239 e. The second-order valence-electron chi connectivity index (χ2n) is 2.47. The molecule has 1 aromatic rings. The fourth-order valence-corrected chi connectivity index (χ4v) is 1.14. The number of hydrogen-bond donors (Lipinski definition) is 0. The number of aromatic nitrogens is 1. The van der Waals surface area contributed by atoms with Crippen LogP contribution in [-0.2, 0) is 12.6 Å². The van der Waals surface area contributed by atoms with E-state index in [9.17, 15) is 13.2 Å². The average Bonchev–Trinajstić information content (AvgIpc) is 2.02. The van der Waals surface area contributed by atoms with Crippen molar-refractivity contribution < 1.29 is 13.2 Å². The molecule has 0 radical (unpaired) electrons. The number of hydrogen-bond acceptors (Lipinski definition) is 2. The lowest BCUT2D eigenvalue weighted by Crippen LogP contribution is -2.07. The Morgan fingerprint density at radius 1 is 1.43 bits per heavy atom. The zero-order valence-corrected chi connectivity index (χ0v) is 7.52. The van der Waals surface area contributed by atoms with Crippen molar-refractivity contribution >= 4 is 11.6 Å². The molecule has 1 aromatic heterocycles. The van der Waals surface area contributed by atoms with E-state index in [0.717, 1.165) is 12.1 Å². The molecule has 74 valence electrons. The zero-order valence-electron chi connectivity index (χ0n) is 6.77. The van der Waals surface area contributed by atoms with Gasteiger partial charge in [0.05, 0.1) is 23.7 Å². The molecule has 1 heterocycles. The highest BCUT2D eigenvalue weighted by Gasteiger charge is 2.33. The molecule has 6 heteroatoms. The first kappa shape index (κ1) is 10.8. The van der Waals surface area contributed by atoms with Gasteiger partial charge in [-0.15, -0.1) is 0 Å². The largest absolute Gasteiger partial charge is 0.419 e. The summed E-state index contributed by atoms with van der Waals surface area (Å²) in [7, 11) is 0. The highest BCUT2D eigenvalue weighted by Crippen LogP contribution is 2.33. The summed E-state index contributed by atoms with van der Waals surface area (Å²) in [6, 6.07) is 3.73. The molecule has 0 unspecified atom stereocenters. The van der Waals surface area contributed by atoms with Gasteiger partial charge >= 0.3 is 6.18 Å². The maximum Gasteiger partial charge on any atom is 0.419 e. The van der Waals surface area contributed by atoms with Crippen LogP contribution in [0.1, 0.15) is 11.3 Å². The highest BCUT2D eigenvalue weighted by atomic mass is 35.5. The van der Waals surface area contributed by atoms with Crippen molar-refractivity contribution in [2.45, 2.75) is 12.6 Å². The Morgan fingerprint density at radius 3 is 2.50 bits per heavy atom. The molecule has 0 spiro atoms. The normalized spacial score (nSPS) is 11.1. The van der Waals surface area contributed by atoms with Crippen molar-refractivity contribution in [1.29, 1.82) is 5.26 Å². The minimum Gasteiger partial charge on any atom is -0.239 e. The maximum absolute atomic E-state index is 12.2. The van der Waals surface area contributed by atoms with Crippen molar-refractivity contribution in [3.63, 3.8) is 0 Å². The number of pyridine rings is 1. The minimum absolute atomic E-state index is 0.0577. The monoisotopic (exact) mass is 220 g/mol. The first-order valence-electron chi connectivity index (χ1n) is 3.54. The van der Waals surface area contributed by atoms with Gasteiger partial charge in [0.15, 0.2) is 0 Å². The predicted molar refractivity (Wildman–Crippen MR) is 43.6 cm³/mol. The summed E-state index contributed by atoms with van der Waals surface area (Å²) in [6.07, 6.45) is -4.56. The predicted octanol–water partition coefficient (Wildman–Crippen LogP) is 2.82. The Balaban J connectivity index is 3.09. The molecule has 1 rings (SSSR count). The van der Waals surface area contributed by atoms with Crippen LogP contribution >= 0.6 is 11.6 Å². The van der Waals surface area contributed by atoms with Gasteiger partial charge in [-0.2, -0.15) is 18.4 Å². The molecule has 0 aliphatic heterocycles. The lowest BCUT2D eigenvalue weighted by atomic mass is 10.2. The molecule has 0 atom stereocenters. The molecule has 0 aliphatic carbocycles. The average molecular weight is 221 g/mol. The number of nitriles is 1. The molecule has 0 aliphatic rings. The Kier molecular flexibility index (Phi) is 2.96. The number of rotatable bonds is 1. The summed E-state index contributed by atoms with van der Waals surface area (Å²) < 4.78 is 36.5. The zero-order chi connectivity index (χ0) is 10.8. The van der Waals surface area contributed by atoms with E-state index in [4.69, 9.17) is 16.9 Å². The second-order valence-corrected chi connectivity index (χ2v) is 2.83. The lowest BCUT2D eigenvalue weighted by Gasteiger charge is -2.08. The van der Waals surface area contributed by atoms with Gasteiger partial charge in [0.25, 0.3) is 0 Å². The molecule has 0 fully saturated rings. The van der Waals surface area contributed by atoms with Gasteiger partial charge in [0.1, 0.15) is 5.15 Å². The molecular formula is C8H4ClF3N2. The van der Waals surface area contributed by atoms with Crippen molar-refractivity contribution in [3.8, 4) is 6.07 Å². The summed E-state index contributed by atoms with van der Waals surface area (Å²) in [5, 5.41) is 7.66. The van der Waals surface area contributed by atoms with E-state index >= 15 is 0 Å². The highest BCUT2D eigenvalue weighted by molar-refractivity contribution is 6.30. The summed E-state index contributed by atoms with van der Waals surface area (Å²) in [5.41, 5.74) is -0.758.